The highest BCUT2D eigenvalue weighted by atomic mass is 19.1. The Bertz CT molecular complexity index is 3460. The van der Waals surface area contributed by atoms with E-state index in [1.807, 2.05) is 18.2 Å². The molecule has 11 aromatic rings. The first-order valence-corrected chi connectivity index (χ1v) is 20.9. The van der Waals surface area contributed by atoms with E-state index in [1.54, 1.807) is 0 Å². The number of anilines is 3. The van der Waals surface area contributed by atoms with Crippen LogP contribution in [-0.4, -0.2) is 4.57 Å². The van der Waals surface area contributed by atoms with Crippen LogP contribution in [0.4, 0.5) is 21.5 Å². The Hall–Kier alpha value is -8.21. The molecule has 0 bridgehead atoms. The summed E-state index contributed by atoms with van der Waals surface area (Å²) in [6.07, 6.45) is 0. The van der Waals surface area contributed by atoms with Gasteiger partial charge < -0.3 is 14.2 Å². The summed E-state index contributed by atoms with van der Waals surface area (Å²) in [6.45, 7) is 0. The van der Waals surface area contributed by atoms with E-state index >= 15 is 0 Å². The van der Waals surface area contributed by atoms with Crippen molar-refractivity contribution in [1.29, 1.82) is 0 Å². The van der Waals surface area contributed by atoms with E-state index in [0.717, 1.165) is 89.3 Å². The Morgan fingerprint density at radius 3 is 1.61 bits per heavy atom. The fraction of sp³-hybridized carbons (Fsp3) is 0. The summed E-state index contributed by atoms with van der Waals surface area (Å²) in [7, 11) is 0. The lowest BCUT2D eigenvalue weighted by Crippen LogP contribution is -2.09. The fourth-order valence-corrected chi connectivity index (χ4v) is 9.25. The Kier molecular flexibility index (Phi) is 8.36. The number of nitrogens with zero attached hydrogens (tertiary/aromatic N) is 2. The Balaban J connectivity index is 0.902. The Labute approximate surface area is 358 Å². The zero-order valence-corrected chi connectivity index (χ0v) is 33.5. The predicted octanol–water partition coefficient (Wildman–Crippen LogP) is 16.3. The quantitative estimate of drug-likeness (QED) is 0.160. The summed E-state index contributed by atoms with van der Waals surface area (Å²) in [6, 6.07) is 77.9. The van der Waals surface area contributed by atoms with Crippen LogP contribution >= 0.6 is 0 Å². The summed E-state index contributed by atoms with van der Waals surface area (Å²) >= 11 is 0. The lowest BCUT2D eigenvalue weighted by atomic mass is 9.93. The van der Waals surface area contributed by atoms with Crippen LogP contribution in [0.15, 0.2) is 224 Å². The molecule has 0 N–H and O–H groups in total. The molecule has 1 aliphatic heterocycles. The highest BCUT2D eigenvalue weighted by molar-refractivity contribution is 6.10. The first-order valence-electron chi connectivity index (χ1n) is 20.9. The van der Waals surface area contributed by atoms with Crippen LogP contribution in [0.1, 0.15) is 0 Å². The van der Waals surface area contributed by atoms with Crippen molar-refractivity contribution in [3.8, 4) is 61.7 Å². The molecule has 0 saturated carbocycles. The molecule has 292 valence electrons. The lowest BCUT2D eigenvalue weighted by molar-refractivity contribution is 0.487. The van der Waals surface area contributed by atoms with Gasteiger partial charge in [0.2, 0.25) is 0 Å². The second kappa shape index (κ2) is 14.5. The normalized spacial score (nSPS) is 11.8. The lowest BCUT2D eigenvalue weighted by Gasteiger charge is -2.26. The van der Waals surface area contributed by atoms with Gasteiger partial charge in [-0.15, -0.1) is 0 Å². The maximum absolute atomic E-state index is 13.9. The predicted molar refractivity (Wildman–Crippen MR) is 255 cm³/mol. The number of fused-ring (bicyclic) bond motifs is 5. The molecule has 0 saturated heterocycles. The fourth-order valence-electron chi connectivity index (χ4n) is 9.25. The van der Waals surface area contributed by atoms with Crippen LogP contribution in [0, 0.1) is 5.82 Å². The number of ether oxygens (including phenoxy) is 1. The average Bonchev–Trinajstić information content (AvgIpc) is 3.66. The third-order valence-corrected chi connectivity index (χ3v) is 12.3. The smallest absolute Gasteiger partial charge is 0.135 e. The molecule has 0 radical (unpaired) electrons. The van der Waals surface area contributed by atoms with Gasteiger partial charge in [-0.1, -0.05) is 127 Å². The second-order valence-corrected chi connectivity index (χ2v) is 15.9. The van der Waals surface area contributed by atoms with E-state index in [4.69, 9.17) is 4.74 Å². The number of halogens is 1. The molecule has 0 spiro atoms. The molecular weight excluding hydrogens is 760 g/mol. The van der Waals surface area contributed by atoms with Gasteiger partial charge in [-0.3, -0.25) is 0 Å². The van der Waals surface area contributed by atoms with E-state index in [0.29, 0.717) is 0 Å². The van der Waals surface area contributed by atoms with Crippen molar-refractivity contribution in [2.45, 2.75) is 0 Å². The monoisotopic (exact) mass is 796 g/mol. The molecule has 62 heavy (non-hydrogen) atoms. The molecule has 0 fully saturated rings. The van der Waals surface area contributed by atoms with E-state index in [1.165, 1.54) is 34.2 Å². The highest BCUT2D eigenvalue weighted by Gasteiger charge is 2.21. The maximum Gasteiger partial charge on any atom is 0.135 e. The third-order valence-electron chi connectivity index (χ3n) is 12.3. The number of rotatable bonds is 7. The first-order chi connectivity index (χ1) is 30.6. The number of aromatic nitrogens is 1. The minimum Gasteiger partial charge on any atom is -0.456 e. The Morgan fingerprint density at radius 1 is 0.371 bits per heavy atom. The van der Waals surface area contributed by atoms with E-state index in [2.05, 4.69) is 204 Å². The summed E-state index contributed by atoms with van der Waals surface area (Å²) in [5, 5.41) is 4.66. The molecule has 3 nitrogen and oxygen atoms in total. The second-order valence-electron chi connectivity index (χ2n) is 15.9. The van der Waals surface area contributed by atoms with Crippen molar-refractivity contribution in [1.82, 2.24) is 4.57 Å². The number of benzene rings is 10. The van der Waals surface area contributed by atoms with E-state index < -0.39 is 0 Å². The minimum absolute atomic E-state index is 0.244. The minimum atomic E-state index is -0.244. The first kappa shape index (κ1) is 35.7. The molecule has 10 aromatic carbocycles. The molecule has 0 amide bonds. The van der Waals surface area contributed by atoms with Crippen LogP contribution in [0.25, 0.3) is 82.8 Å². The van der Waals surface area contributed by atoms with Gasteiger partial charge in [0.15, 0.2) is 0 Å². The van der Waals surface area contributed by atoms with Gasteiger partial charge in [0.05, 0.1) is 11.0 Å². The van der Waals surface area contributed by atoms with Crippen LogP contribution in [-0.2, 0) is 0 Å². The van der Waals surface area contributed by atoms with E-state index in [9.17, 15) is 4.39 Å². The van der Waals surface area contributed by atoms with Gasteiger partial charge >= 0.3 is 0 Å². The highest BCUT2D eigenvalue weighted by Crippen LogP contribution is 2.48. The number of hydrogen-bond donors (Lipinski definition) is 0. The Morgan fingerprint density at radius 2 is 0.919 bits per heavy atom. The maximum atomic E-state index is 13.9. The van der Waals surface area contributed by atoms with Crippen molar-refractivity contribution in [3.05, 3.63) is 230 Å². The van der Waals surface area contributed by atoms with Gasteiger partial charge in [0, 0.05) is 44.5 Å². The largest absolute Gasteiger partial charge is 0.456 e. The van der Waals surface area contributed by atoms with Gasteiger partial charge in [-0.2, -0.15) is 0 Å². The van der Waals surface area contributed by atoms with Crippen LogP contribution in [0.5, 0.6) is 11.5 Å². The number of para-hydroxylation sites is 1. The third kappa shape index (κ3) is 6.03. The van der Waals surface area contributed by atoms with Crippen LogP contribution in [0.3, 0.4) is 0 Å². The van der Waals surface area contributed by atoms with E-state index in [-0.39, 0.29) is 5.82 Å². The summed E-state index contributed by atoms with van der Waals surface area (Å²) in [5.41, 5.74) is 15.4. The van der Waals surface area contributed by atoms with Gasteiger partial charge in [0.25, 0.3) is 0 Å². The van der Waals surface area contributed by atoms with Crippen LogP contribution < -0.4 is 9.64 Å². The van der Waals surface area contributed by atoms with Crippen molar-refractivity contribution >= 4 is 49.6 Å². The van der Waals surface area contributed by atoms with Crippen LogP contribution in [0.2, 0.25) is 0 Å². The molecule has 0 atom stereocenters. The van der Waals surface area contributed by atoms with Gasteiger partial charge in [-0.25, -0.2) is 4.39 Å². The van der Waals surface area contributed by atoms with Crippen molar-refractivity contribution in [3.63, 3.8) is 0 Å². The van der Waals surface area contributed by atoms with Crippen molar-refractivity contribution in [2.24, 2.45) is 0 Å². The SMILES string of the molecule is Fc1ccc(-n2c3ccccc3c3cc(-c4ccc(N(c5ccc(-c6ccccc6)cc5)c5ccc(-c6ccc7c(c6)Oc6cccc8cccc-7c68)cc5)cc4)ccc32)cc1. The molecule has 1 aromatic heterocycles. The van der Waals surface area contributed by atoms with Gasteiger partial charge in [0.1, 0.15) is 17.3 Å². The summed E-state index contributed by atoms with van der Waals surface area (Å²) in [4.78, 5) is 2.31. The standard InChI is InChI=1S/C58H37FN2O/c59-45-24-32-49(33-25-45)61-54-14-5-4-12-50(54)53-36-43(23-35-55(53)61)40-18-28-47(29-19-40)60(46-26-16-39(17-27-46)38-8-2-1-3-9-38)48-30-20-41(21-31-48)44-22-34-51-52-13-6-10-42-11-7-15-56(58(42)52)62-57(51)37-44/h1-37H. The molecule has 1 aliphatic rings. The van der Waals surface area contributed by atoms with Crippen molar-refractivity contribution < 1.29 is 9.13 Å². The zero-order chi connectivity index (χ0) is 41.1. The molecule has 12 rings (SSSR count). The summed E-state index contributed by atoms with van der Waals surface area (Å²) < 4.78 is 22.6. The summed E-state index contributed by atoms with van der Waals surface area (Å²) in [5.74, 6) is 1.52. The topological polar surface area (TPSA) is 17.4 Å². The number of hydrogen-bond acceptors (Lipinski definition) is 2. The average molecular weight is 797 g/mol. The molecule has 4 heteroatoms. The molecule has 2 heterocycles. The molecule has 0 aliphatic carbocycles. The molecular formula is C58H37FN2O. The molecule has 0 unspecified atom stereocenters. The van der Waals surface area contributed by atoms with Crippen molar-refractivity contribution in [2.75, 3.05) is 4.90 Å². The van der Waals surface area contributed by atoms with Gasteiger partial charge in [-0.05, 0) is 141 Å². The zero-order valence-electron chi connectivity index (χ0n) is 33.5.